The van der Waals surface area contributed by atoms with E-state index in [1.54, 1.807) is 11.1 Å². The molecule has 0 bridgehead atoms. The number of hydrogen-bond donors (Lipinski definition) is 0. The summed E-state index contributed by atoms with van der Waals surface area (Å²) in [4.78, 5) is 0. The highest BCUT2D eigenvalue weighted by Crippen LogP contribution is 2.39. The topological polar surface area (TPSA) is 0 Å². The second-order valence-electron chi connectivity index (χ2n) is 17.4. The van der Waals surface area contributed by atoms with Crippen LogP contribution < -0.4 is 0 Å². The quantitative estimate of drug-likeness (QED) is 0.0920. The molecule has 4 unspecified atom stereocenters. The summed E-state index contributed by atoms with van der Waals surface area (Å²) in [6.07, 6.45) is 7.25. The van der Waals surface area contributed by atoms with Crippen LogP contribution in [0.4, 0.5) is 0 Å². The van der Waals surface area contributed by atoms with Gasteiger partial charge in [-0.2, -0.15) is 0 Å². The predicted molar refractivity (Wildman–Crippen MR) is 254 cm³/mol. The van der Waals surface area contributed by atoms with E-state index in [0.717, 1.165) is 12.8 Å². The van der Waals surface area contributed by atoms with E-state index in [4.69, 9.17) is 0 Å². The van der Waals surface area contributed by atoms with Crippen LogP contribution in [0.2, 0.25) is 0 Å². The maximum Gasteiger partial charge on any atom is 0.00639 e. The summed E-state index contributed by atoms with van der Waals surface area (Å²) in [6, 6.07) is 53.9. The molecule has 0 radical (unpaired) electrons. The summed E-state index contributed by atoms with van der Waals surface area (Å²) in [5.74, 6) is 2.68. The van der Waals surface area contributed by atoms with Gasteiger partial charge >= 0.3 is 0 Å². The van der Waals surface area contributed by atoms with Crippen LogP contribution in [-0.2, 0) is 12.8 Å². The molecule has 0 aliphatic rings. The van der Waals surface area contributed by atoms with E-state index in [9.17, 15) is 0 Å². The minimum atomic E-state index is 0.406. The number of hydrogen-bond acceptors (Lipinski definition) is 0. The summed E-state index contributed by atoms with van der Waals surface area (Å²) >= 11 is 0. The van der Waals surface area contributed by atoms with E-state index < -0.39 is 0 Å². The molecule has 0 amide bonds. The minimum absolute atomic E-state index is 0.406. The highest BCUT2D eigenvalue weighted by Gasteiger charge is 2.23. The highest BCUT2D eigenvalue weighted by molar-refractivity contribution is 5.51. The van der Waals surface area contributed by atoms with Crippen molar-refractivity contribution in [2.45, 2.75) is 143 Å². The lowest BCUT2D eigenvalue weighted by molar-refractivity contribution is 0.749. The van der Waals surface area contributed by atoms with Gasteiger partial charge in [0, 0.05) is 23.7 Å². The van der Waals surface area contributed by atoms with Gasteiger partial charge in [0.25, 0.3) is 0 Å². The summed E-state index contributed by atoms with van der Waals surface area (Å²) in [5, 5.41) is 0. The molecule has 0 N–H and O–H groups in total. The van der Waals surface area contributed by atoms with Gasteiger partial charge in [0.05, 0.1) is 0 Å². The molecular weight excluding hydrogens is 697 g/mol. The molecule has 0 heterocycles. The van der Waals surface area contributed by atoms with E-state index in [1.807, 2.05) is 0 Å². The minimum Gasteiger partial charge on any atom is -0.0654 e. The van der Waals surface area contributed by atoms with Crippen molar-refractivity contribution in [3.8, 4) is 0 Å². The van der Waals surface area contributed by atoms with Gasteiger partial charge < -0.3 is 0 Å². The largest absolute Gasteiger partial charge is 0.0654 e. The Morgan fingerprint density at radius 1 is 0.310 bits per heavy atom. The molecule has 6 aromatic rings. The fourth-order valence-corrected chi connectivity index (χ4v) is 8.66. The van der Waals surface area contributed by atoms with Gasteiger partial charge in [0.2, 0.25) is 0 Å². The first-order valence-corrected chi connectivity index (χ1v) is 22.6. The Labute approximate surface area is 354 Å². The fraction of sp³-hybridized carbons (Fsp3) is 0.379. The van der Waals surface area contributed by atoms with Crippen LogP contribution in [0.25, 0.3) is 0 Å². The first-order chi connectivity index (χ1) is 28.0. The molecule has 6 rings (SSSR count). The molecule has 0 spiro atoms. The zero-order valence-electron chi connectivity index (χ0n) is 37.6. The van der Waals surface area contributed by atoms with Crippen molar-refractivity contribution in [2.75, 3.05) is 0 Å². The van der Waals surface area contributed by atoms with Crippen LogP contribution in [0.15, 0.2) is 146 Å². The SMILES string of the molecule is CCCCc1c(C(C)c2ccccc2)cc(C(C)C)cc1C(C)c1ccccc1.CCCCc1c(C(C)c2ccccc2)cc(C(C)C)cc1C(C)c1ccccc1. The van der Waals surface area contributed by atoms with Crippen molar-refractivity contribution in [3.05, 3.63) is 212 Å². The van der Waals surface area contributed by atoms with Crippen molar-refractivity contribution < 1.29 is 0 Å². The molecule has 58 heavy (non-hydrogen) atoms. The third kappa shape index (κ3) is 11.3. The van der Waals surface area contributed by atoms with Gasteiger partial charge in [-0.05, 0) is 104 Å². The average molecular weight is 769 g/mol. The van der Waals surface area contributed by atoms with Crippen LogP contribution in [0.1, 0.15) is 197 Å². The summed E-state index contributed by atoms with van der Waals surface area (Å²) in [5.41, 5.74) is 17.8. The van der Waals surface area contributed by atoms with Gasteiger partial charge in [-0.15, -0.1) is 0 Å². The van der Waals surface area contributed by atoms with Gasteiger partial charge in [-0.25, -0.2) is 0 Å². The Bertz CT molecular complexity index is 1800. The van der Waals surface area contributed by atoms with Crippen molar-refractivity contribution in [1.29, 1.82) is 0 Å². The van der Waals surface area contributed by atoms with Gasteiger partial charge in [-0.3, -0.25) is 0 Å². The smallest absolute Gasteiger partial charge is 0.00639 e. The fourth-order valence-electron chi connectivity index (χ4n) is 8.66. The lowest BCUT2D eigenvalue weighted by atomic mass is 9.78. The number of benzene rings is 6. The maximum atomic E-state index is 2.49. The zero-order chi connectivity index (χ0) is 41.6. The Hall–Kier alpha value is -4.68. The Morgan fingerprint density at radius 3 is 0.724 bits per heavy atom. The molecule has 0 aliphatic carbocycles. The molecule has 4 atom stereocenters. The molecular formula is C58H72. The first kappa shape index (κ1) is 44.4. The Kier molecular flexibility index (Phi) is 16.8. The molecule has 0 fully saturated rings. The van der Waals surface area contributed by atoms with Crippen LogP contribution in [0.5, 0.6) is 0 Å². The van der Waals surface area contributed by atoms with E-state index >= 15 is 0 Å². The van der Waals surface area contributed by atoms with E-state index in [1.165, 1.54) is 81.3 Å². The normalized spacial score (nSPS) is 13.4. The summed E-state index contributed by atoms with van der Waals surface area (Å²) in [6.45, 7) is 23.4. The molecule has 0 heteroatoms. The molecule has 0 aliphatic heterocycles. The molecule has 0 saturated heterocycles. The third-order valence-corrected chi connectivity index (χ3v) is 12.6. The van der Waals surface area contributed by atoms with Crippen LogP contribution in [0, 0.1) is 0 Å². The van der Waals surface area contributed by atoms with E-state index in [0.29, 0.717) is 35.5 Å². The van der Waals surface area contributed by atoms with Gasteiger partial charge in [0.1, 0.15) is 0 Å². The van der Waals surface area contributed by atoms with Gasteiger partial charge in [0.15, 0.2) is 0 Å². The monoisotopic (exact) mass is 769 g/mol. The van der Waals surface area contributed by atoms with Crippen LogP contribution in [-0.4, -0.2) is 0 Å². The zero-order valence-corrected chi connectivity index (χ0v) is 37.6. The lowest BCUT2D eigenvalue weighted by Gasteiger charge is -2.26. The second-order valence-corrected chi connectivity index (χ2v) is 17.4. The van der Waals surface area contributed by atoms with Gasteiger partial charge in [-0.1, -0.05) is 228 Å². The Balaban J connectivity index is 0.000000221. The molecule has 6 aromatic carbocycles. The lowest BCUT2D eigenvalue weighted by Crippen LogP contribution is -2.10. The summed E-state index contributed by atoms with van der Waals surface area (Å²) in [7, 11) is 0. The average Bonchev–Trinajstić information content (AvgIpc) is 3.27. The number of rotatable bonds is 16. The predicted octanol–water partition coefficient (Wildman–Crippen LogP) is 16.9. The molecule has 0 saturated carbocycles. The van der Waals surface area contributed by atoms with Crippen molar-refractivity contribution in [2.24, 2.45) is 0 Å². The third-order valence-electron chi connectivity index (χ3n) is 12.6. The standard InChI is InChI=1S/2C29H36/c2*1-6-7-18-27-28(22(4)24-14-10-8-11-15-24)19-26(21(2)3)20-29(27)23(5)25-16-12-9-13-17-25/h2*8-17,19-23H,6-7,18H2,1-5H3. The van der Waals surface area contributed by atoms with Crippen LogP contribution in [0.3, 0.4) is 0 Å². The maximum absolute atomic E-state index is 2.49. The second kappa shape index (κ2) is 21.9. The van der Waals surface area contributed by atoms with E-state index in [-0.39, 0.29) is 0 Å². The molecule has 304 valence electrons. The molecule has 0 aromatic heterocycles. The van der Waals surface area contributed by atoms with E-state index in [2.05, 4.69) is 215 Å². The van der Waals surface area contributed by atoms with Crippen molar-refractivity contribution in [3.63, 3.8) is 0 Å². The summed E-state index contributed by atoms with van der Waals surface area (Å²) < 4.78 is 0. The van der Waals surface area contributed by atoms with Crippen molar-refractivity contribution >= 4 is 0 Å². The van der Waals surface area contributed by atoms with Crippen LogP contribution >= 0.6 is 0 Å². The van der Waals surface area contributed by atoms with Crippen molar-refractivity contribution in [1.82, 2.24) is 0 Å². The highest BCUT2D eigenvalue weighted by atomic mass is 14.3. The number of unbranched alkanes of at least 4 members (excludes halogenated alkanes) is 2. The first-order valence-electron chi connectivity index (χ1n) is 22.6. The molecule has 0 nitrogen and oxygen atoms in total. The Morgan fingerprint density at radius 2 is 0.534 bits per heavy atom.